The van der Waals surface area contributed by atoms with Crippen LogP contribution < -0.4 is 4.74 Å². The van der Waals surface area contributed by atoms with E-state index in [2.05, 4.69) is 5.10 Å². The summed E-state index contributed by atoms with van der Waals surface area (Å²) in [5.74, 6) is 1.06. The van der Waals surface area contributed by atoms with Gasteiger partial charge in [0.15, 0.2) is 5.75 Å². The van der Waals surface area contributed by atoms with Gasteiger partial charge in [-0.25, -0.2) is 0 Å². The Morgan fingerprint density at radius 3 is 2.80 bits per heavy atom. The molecule has 0 atom stereocenters. The van der Waals surface area contributed by atoms with Crippen LogP contribution in [0.2, 0.25) is 0 Å². The van der Waals surface area contributed by atoms with Crippen LogP contribution in [0.4, 0.5) is 0 Å². The third kappa shape index (κ3) is 2.81. The number of nitrogens with zero attached hydrogens (tertiary/aromatic N) is 2. The third-order valence-electron chi connectivity index (χ3n) is 2.46. The summed E-state index contributed by atoms with van der Waals surface area (Å²) in [6.07, 6.45) is 3.58. The Labute approximate surface area is 90.2 Å². The lowest BCUT2D eigenvalue weighted by Gasteiger charge is -2.06. The van der Waals surface area contributed by atoms with Gasteiger partial charge in [-0.15, -0.1) is 0 Å². The molecule has 0 amide bonds. The van der Waals surface area contributed by atoms with Crippen LogP contribution in [0, 0.1) is 0 Å². The Balaban J connectivity index is 2.72. The zero-order valence-corrected chi connectivity index (χ0v) is 9.62. The lowest BCUT2D eigenvalue weighted by molar-refractivity contribution is -0.118. The second-order valence-electron chi connectivity index (χ2n) is 3.37. The standard InChI is InChI=1S/C11H18N2O2/c1-4-9(14)6-7-10-11(15-3)8-12-13(10)5-2/h8H,4-7H2,1-3H3. The van der Waals surface area contributed by atoms with Crippen LogP contribution in [0.1, 0.15) is 32.4 Å². The predicted octanol–water partition coefficient (Wildman–Crippen LogP) is 1.82. The molecule has 1 aromatic rings. The fraction of sp³-hybridized carbons (Fsp3) is 0.636. The first-order valence-corrected chi connectivity index (χ1v) is 5.33. The number of ketones is 1. The maximum Gasteiger partial charge on any atom is 0.159 e. The number of Topliss-reactive ketones (excluding diaryl/α,β-unsaturated/α-hetero) is 1. The molecule has 1 aromatic heterocycles. The number of ether oxygens (including phenoxy) is 1. The Morgan fingerprint density at radius 2 is 2.27 bits per heavy atom. The highest BCUT2D eigenvalue weighted by molar-refractivity contribution is 5.78. The quantitative estimate of drug-likeness (QED) is 0.719. The Bertz CT molecular complexity index is 310. The first-order chi connectivity index (χ1) is 7.22. The zero-order chi connectivity index (χ0) is 11.3. The summed E-state index contributed by atoms with van der Waals surface area (Å²) in [5, 5.41) is 4.19. The number of hydrogen-bond donors (Lipinski definition) is 0. The summed E-state index contributed by atoms with van der Waals surface area (Å²) in [4.78, 5) is 11.2. The summed E-state index contributed by atoms with van der Waals surface area (Å²) >= 11 is 0. The lowest BCUT2D eigenvalue weighted by atomic mass is 10.1. The Kier molecular flexibility index (Phi) is 4.34. The van der Waals surface area contributed by atoms with E-state index >= 15 is 0 Å². The molecule has 1 rings (SSSR count). The van der Waals surface area contributed by atoms with E-state index in [1.165, 1.54) is 0 Å². The number of aryl methyl sites for hydroxylation is 1. The second-order valence-corrected chi connectivity index (χ2v) is 3.37. The number of carbonyl (C=O) groups is 1. The maximum atomic E-state index is 11.2. The lowest BCUT2D eigenvalue weighted by Crippen LogP contribution is -2.06. The summed E-state index contributed by atoms with van der Waals surface area (Å²) in [6, 6.07) is 0. The number of methoxy groups -OCH3 is 1. The fourth-order valence-electron chi connectivity index (χ4n) is 1.52. The average Bonchev–Trinajstić information content (AvgIpc) is 2.67. The normalized spacial score (nSPS) is 10.3. The summed E-state index contributed by atoms with van der Waals surface area (Å²) < 4.78 is 7.08. The van der Waals surface area contributed by atoms with Crippen LogP contribution >= 0.6 is 0 Å². The van der Waals surface area contributed by atoms with Gasteiger partial charge >= 0.3 is 0 Å². The molecule has 1 heterocycles. The van der Waals surface area contributed by atoms with E-state index in [9.17, 15) is 4.79 Å². The minimum atomic E-state index is 0.279. The molecule has 84 valence electrons. The molecule has 4 nitrogen and oxygen atoms in total. The zero-order valence-electron chi connectivity index (χ0n) is 9.62. The molecule has 0 radical (unpaired) electrons. The average molecular weight is 210 g/mol. The molecule has 0 bridgehead atoms. The predicted molar refractivity (Wildman–Crippen MR) is 58.1 cm³/mol. The van der Waals surface area contributed by atoms with E-state index in [1.807, 2.05) is 18.5 Å². The van der Waals surface area contributed by atoms with Gasteiger partial charge < -0.3 is 4.74 Å². The van der Waals surface area contributed by atoms with E-state index in [1.54, 1.807) is 13.3 Å². The SMILES string of the molecule is CCC(=O)CCc1c(OC)cnn1CC. The molecule has 0 N–H and O–H groups in total. The number of aromatic nitrogens is 2. The largest absolute Gasteiger partial charge is 0.493 e. The molecule has 15 heavy (non-hydrogen) atoms. The molecule has 0 saturated carbocycles. The monoisotopic (exact) mass is 210 g/mol. The molecule has 0 aromatic carbocycles. The van der Waals surface area contributed by atoms with Crippen molar-refractivity contribution in [2.45, 2.75) is 39.7 Å². The highest BCUT2D eigenvalue weighted by Gasteiger charge is 2.11. The molecular formula is C11H18N2O2. The van der Waals surface area contributed by atoms with Crippen molar-refractivity contribution < 1.29 is 9.53 Å². The highest BCUT2D eigenvalue weighted by atomic mass is 16.5. The number of rotatable bonds is 6. The van der Waals surface area contributed by atoms with Gasteiger partial charge in [0.25, 0.3) is 0 Å². The number of hydrogen-bond acceptors (Lipinski definition) is 3. The second kappa shape index (κ2) is 5.53. The van der Waals surface area contributed by atoms with Crippen molar-refractivity contribution in [2.24, 2.45) is 0 Å². The smallest absolute Gasteiger partial charge is 0.159 e. The van der Waals surface area contributed by atoms with Crippen LogP contribution in [0.5, 0.6) is 5.75 Å². The van der Waals surface area contributed by atoms with Crippen molar-refractivity contribution in [1.82, 2.24) is 9.78 Å². The summed E-state index contributed by atoms with van der Waals surface area (Å²) in [5.41, 5.74) is 1.02. The van der Waals surface area contributed by atoms with Gasteiger partial charge in [-0.1, -0.05) is 6.92 Å². The minimum Gasteiger partial charge on any atom is -0.493 e. The van der Waals surface area contributed by atoms with Crippen molar-refractivity contribution in [1.29, 1.82) is 0 Å². The molecule has 0 fully saturated rings. The van der Waals surface area contributed by atoms with Gasteiger partial charge in [0.2, 0.25) is 0 Å². The molecule has 4 heteroatoms. The van der Waals surface area contributed by atoms with Gasteiger partial charge in [-0.2, -0.15) is 5.10 Å². The van der Waals surface area contributed by atoms with Gasteiger partial charge in [0.05, 0.1) is 19.0 Å². The molecular weight excluding hydrogens is 192 g/mol. The Hall–Kier alpha value is -1.32. The van der Waals surface area contributed by atoms with Gasteiger partial charge in [-0.3, -0.25) is 9.48 Å². The molecule has 0 unspecified atom stereocenters. The van der Waals surface area contributed by atoms with E-state index in [0.29, 0.717) is 19.3 Å². The van der Waals surface area contributed by atoms with Crippen molar-refractivity contribution in [3.05, 3.63) is 11.9 Å². The topological polar surface area (TPSA) is 44.1 Å². The maximum absolute atomic E-state index is 11.2. The van der Waals surface area contributed by atoms with E-state index < -0.39 is 0 Å². The van der Waals surface area contributed by atoms with Crippen LogP contribution in [-0.4, -0.2) is 22.7 Å². The van der Waals surface area contributed by atoms with Crippen molar-refractivity contribution >= 4 is 5.78 Å². The Morgan fingerprint density at radius 1 is 1.53 bits per heavy atom. The van der Waals surface area contributed by atoms with Crippen LogP contribution in [0.15, 0.2) is 6.20 Å². The van der Waals surface area contributed by atoms with E-state index in [4.69, 9.17) is 4.74 Å². The first-order valence-electron chi connectivity index (χ1n) is 5.33. The highest BCUT2D eigenvalue weighted by Crippen LogP contribution is 2.19. The van der Waals surface area contributed by atoms with Crippen LogP contribution in [0.25, 0.3) is 0 Å². The number of carbonyl (C=O) groups excluding carboxylic acids is 1. The third-order valence-corrected chi connectivity index (χ3v) is 2.46. The van der Waals surface area contributed by atoms with Crippen molar-refractivity contribution in [2.75, 3.05) is 7.11 Å². The molecule has 0 spiro atoms. The first kappa shape index (κ1) is 11.8. The fourth-order valence-corrected chi connectivity index (χ4v) is 1.52. The van der Waals surface area contributed by atoms with Crippen LogP contribution in [0.3, 0.4) is 0 Å². The molecule has 0 aliphatic rings. The van der Waals surface area contributed by atoms with Gasteiger partial charge in [-0.05, 0) is 13.3 Å². The van der Waals surface area contributed by atoms with Crippen molar-refractivity contribution in [3.8, 4) is 5.75 Å². The van der Waals surface area contributed by atoms with E-state index in [-0.39, 0.29) is 5.78 Å². The van der Waals surface area contributed by atoms with Crippen LogP contribution in [-0.2, 0) is 17.8 Å². The minimum absolute atomic E-state index is 0.279. The van der Waals surface area contributed by atoms with Gasteiger partial charge in [0, 0.05) is 19.4 Å². The van der Waals surface area contributed by atoms with Crippen molar-refractivity contribution in [3.63, 3.8) is 0 Å². The summed E-state index contributed by atoms with van der Waals surface area (Å²) in [6.45, 7) is 4.72. The molecule has 0 aliphatic heterocycles. The molecule has 0 aliphatic carbocycles. The molecule has 0 saturated heterocycles. The van der Waals surface area contributed by atoms with Gasteiger partial charge in [0.1, 0.15) is 5.78 Å². The summed E-state index contributed by atoms with van der Waals surface area (Å²) in [7, 11) is 1.63. The van der Waals surface area contributed by atoms with E-state index in [0.717, 1.165) is 18.0 Å².